The van der Waals surface area contributed by atoms with Crippen LogP contribution >= 0.6 is 0 Å². The lowest BCUT2D eigenvalue weighted by atomic mass is 9.70. The lowest BCUT2D eigenvalue weighted by molar-refractivity contribution is 0.160. The number of benzene rings is 1. The molecule has 1 aliphatic rings. The predicted molar refractivity (Wildman–Crippen MR) is 146 cm³/mol. The molecule has 31 heavy (non-hydrogen) atoms. The van der Waals surface area contributed by atoms with Crippen molar-refractivity contribution in [3.05, 3.63) is 29.2 Å². The second kappa shape index (κ2) is 9.29. The molecule has 0 bridgehead atoms. The maximum absolute atomic E-state index is 5.81. The topological polar surface area (TPSA) is 70.8 Å². The number of unbranched alkanes of at least 4 members (excludes halogenated alkanes) is 1. The van der Waals surface area contributed by atoms with E-state index in [2.05, 4.69) is 61.2 Å². The Kier molecular flexibility index (Phi) is 6.68. The van der Waals surface area contributed by atoms with Gasteiger partial charge in [-0.25, -0.2) is 4.98 Å². The van der Waals surface area contributed by atoms with Crippen LogP contribution in [0.2, 0.25) is 0 Å². The van der Waals surface area contributed by atoms with Crippen LogP contribution in [0.15, 0.2) is 12.1 Å². The fourth-order valence-electron chi connectivity index (χ4n) is 4.97. The number of nitrogens with zero attached hydrogens (tertiary/aromatic N) is 3. The van der Waals surface area contributed by atoms with Crippen LogP contribution in [0.4, 0.5) is 0 Å². The number of aromatic amines is 1. The molecule has 1 aromatic carbocycles. The SMILES string of the molecule is Bc1cc2nc(CN(CCCCN)[C@H]3CCCc4c3nc(B)c(B)c4B)[nH]c2cc1B. The first-order chi connectivity index (χ1) is 14.9. The van der Waals surface area contributed by atoms with Gasteiger partial charge in [0.25, 0.3) is 0 Å². The van der Waals surface area contributed by atoms with Crippen molar-refractivity contribution in [3.63, 3.8) is 0 Å². The van der Waals surface area contributed by atoms with Crippen LogP contribution in [-0.2, 0) is 13.0 Å². The molecule has 2 heterocycles. The Morgan fingerprint density at radius 1 is 1.03 bits per heavy atom. The van der Waals surface area contributed by atoms with Gasteiger partial charge in [-0.1, -0.05) is 21.9 Å². The zero-order valence-corrected chi connectivity index (χ0v) is 19.8. The van der Waals surface area contributed by atoms with Gasteiger partial charge in [0, 0.05) is 0 Å². The van der Waals surface area contributed by atoms with Gasteiger partial charge < -0.3 is 10.7 Å². The molecular formula is C21H32B5N5. The van der Waals surface area contributed by atoms with Gasteiger partial charge in [-0.2, -0.15) is 0 Å². The summed E-state index contributed by atoms with van der Waals surface area (Å²) in [5.74, 6) is 1.04. The Hall–Kier alpha value is -1.92. The summed E-state index contributed by atoms with van der Waals surface area (Å²) in [6.07, 6.45) is 5.67. The van der Waals surface area contributed by atoms with Crippen molar-refractivity contribution < 1.29 is 0 Å². The molecule has 4 rings (SSSR count). The van der Waals surface area contributed by atoms with Gasteiger partial charge in [-0.3, -0.25) is 9.88 Å². The van der Waals surface area contributed by atoms with Crippen LogP contribution in [0.25, 0.3) is 11.0 Å². The first kappa shape index (κ1) is 22.3. The molecule has 0 saturated carbocycles. The molecule has 1 atom stereocenters. The average Bonchev–Trinajstić information content (AvgIpc) is 3.12. The summed E-state index contributed by atoms with van der Waals surface area (Å²) in [5.41, 5.74) is 17.3. The van der Waals surface area contributed by atoms with Crippen LogP contribution in [-0.4, -0.2) is 72.2 Å². The molecule has 5 nitrogen and oxygen atoms in total. The minimum absolute atomic E-state index is 0.344. The summed E-state index contributed by atoms with van der Waals surface area (Å²) in [5, 5.41) is 0. The second-order valence-electron chi connectivity index (χ2n) is 9.32. The van der Waals surface area contributed by atoms with Gasteiger partial charge in [0.15, 0.2) is 7.85 Å². The molecule has 1 aliphatic carbocycles. The Labute approximate surface area is 190 Å². The summed E-state index contributed by atoms with van der Waals surface area (Å²) >= 11 is 0. The van der Waals surface area contributed by atoms with E-state index in [1.807, 2.05) is 0 Å². The van der Waals surface area contributed by atoms with Crippen LogP contribution < -0.4 is 33.2 Å². The van der Waals surface area contributed by atoms with Gasteiger partial charge in [0.05, 0.1) is 29.3 Å². The quantitative estimate of drug-likeness (QED) is 0.303. The smallest absolute Gasteiger partial charge is 0.163 e. The lowest BCUT2D eigenvalue weighted by Crippen LogP contribution is -2.47. The Balaban J connectivity index is 1.68. The van der Waals surface area contributed by atoms with E-state index in [1.54, 1.807) is 0 Å². The Morgan fingerprint density at radius 3 is 2.58 bits per heavy atom. The molecule has 0 unspecified atom stereocenters. The van der Waals surface area contributed by atoms with Crippen molar-refractivity contribution in [1.82, 2.24) is 19.9 Å². The third-order valence-corrected chi connectivity index (χ3v) is 7.21. The minimum atomic E-state index is 0.344. The molecule has 3 N–H and O–H groups in total. The summed E-state index contributed by atoms with van der Waals surface area (Å²) in [6, 6.07) is 4.75. The Morgan fingerprint density at radius 2 is 1.81 bits per heavy atom. The van der Waals surface area contributed by atoms with E-state index in [9.17, 15) is 0 Å². The molecular weight excluding hydrogens is 376 g/mol. The number of imidazole rings is 1. The number of rotatable bonds is 7. The molecule has 3 aromatic rings. The molecule has 0 fully saturated rings. The predicted octanol–water partition coefficient (Wildman–Crippen LogP) is -5.13. The highest BCUT2D eigenvalue weighted by atomic mass is 15.2. The van der Waals surface area contributed by atoms with Crippen LogP contribution in [0.3, 0.4) is 0 Å². The maximum Gasteiger partial charge on any atom is 0.163 e. The normalized spacial score (nSPS) is 16.1. The van der Waals surface area contributed by atoms with Crippen molar-refractivity contribution >= 4 is 77.7 Å². The third-order valence-electron chi connectivity index (χ3n) is 7.21. The fraction of sp³-hybridized carbons (Fsp3) is 0.429. The number of fused-ring (bicyclic) bond motifs is 2. The van der Waals surface area contributed by atoms with Crippen molar-refractivity contribution in [2.75, 3.05) is 13.1 Å². The van der Waals surface area contributed by atoms with Crippen molar-refractivity contribution in [2.24, 2.45) is 5.73 Å². The number of nitrogens with one attached hydrogen (secondary N) is 1. The fourth-order valence-corrected chi connectivity index (χ4v) is 4.97. The summed E-state index contributed by atoms with van der Waals surface area (Å²) < 4.78 is 0. The molecule has 0 amide bonds. The van der Waals surface area contributed by atoms with E-state index < -0.39 is 0 Å². The third kappa shape index (κ3) is 4.51. The van der Waals surface area contributed by atoms with Gasteiger partial charge >= 0.3 is 0 Å². The second-order valence-corrected chi connectivity index (χ2v) is 9.32. The molecule has 0 aliphatic heterocycles. The molecule has 0 spiro atoms. The van der Waals surface area contributed by atoms with Crippen LogP contribution in [0.5, 0.6) is 0 Å². The highest BCUT2D eigenvalue weighted by Crippen LogP contribution is 2.32. The molecule has 2 aromatic heterocycles. The zero-order valence-electron chi connectivity index (χ0n) is 19.8. The number of nitrogens with two attached hydrogens (primary N) is 1. The standard InChI is InChI=1S/C21H32B5N5/c22-12-8-14-15(9-13(12)23)29-17(28-14)10-31(7-2-1-6-27)16-5-3-4-11-18(24)19(25)21(26)30-20(11)16/h8-9,16H,1-7,10,22-27H2,(H,28,29)/t16-/m0/s1. The number of hydrogen-bond acceptors (Lipinski definition) is 4. The van der Waals surface area contributed by atoms with E-state index in [0.717, 1.165) is 62.2 Å². The van der Waals surface area contributed by atoms with E-state index in [1.165, 1.54) is 45.1 Å². The van der Waals surface area contributed by atoms with Gasteiger partial charge in [-0.15, -0.1) is 0 Å². The van der Waals surface area contributed by atoms with Crippen LogP contribution in [0, 0.1) is 0 Å². The van der Waals surface area contributed by atoms with E-state index in [-0.39, 0.29) is 0 Å². The largest absolute Gasteiger partial charge is 0.341 e. The van der Waals surface area contributed by atoms with Crippen LogP contribution in [0.1, 0.15) is 48.8 Å². The van der Waals surface area contributed by atoms with Crippen molar-refractivity contribution in [2.45, 2.75) is 44.7 Å². The number of aromatic nitrogens is 3. The highest BCUT2D eigenvalue weighted by Gasteiger charge is 2.29. The number of pyridine rings is 1. The lowest BCUT2D eigenvalue weighted by Gasteiger charge is -2.36. The van der Waals surface area contributed by atoms with Crippen molar-refractivity contribution in [1.29, 1.82) is 0 Å². The number of hydrogen-bond donors (Lipinski definition) is 2. The first-order valence-corrected chi connectivity index (χ1v) is 11.8. The maximum atomic E-state index is 5.81. The van der Waals surface area contributed by atoms with E-state index in [0.29, 0.717) is 6.04 Å². The Bertz CT molecular complexity index is 1060. The monoisotopic (exact) mass is 409 g/mol. The summed E-state index contributed by atoms with van der Waals surface area (Å²) in [6.45, 7) is 2.58. The van der Waals surface area contributed by atoms with E-state index in [4.69, 9.17) is 15.7 Å². The molecule has 0 saturated heterocycles. The van der Waals surface area contributed by atoms with Gasteiger partial charge in [0.2, 0.25) is 0 Å². The van der Waals surface area contributed by atoms with Gasteiger partial charge in [-0.05, 0) is 68.5 Å². The molecule has 0 radical (unpaired) electrons. The minimum Gasteiger partial charge on any atom is -0.341 e. The molecule has 10 heteroatoms. The summed E-state index contributed by atoms with van der Waals surface area (Å²) in [7, 11) is 10.9. The highest BCUT2D eigenvalue weighted by molar-refractivity contribution is 6.56. The van der Waals surface area contributed by atoms with E-state index >= 15 is 0 Å². The average molecular weight is 409 g/mol. The zero-order chi connectivity index (χ0) is 22.1. The van der Waals surface area contributed by atoms with Crippen molar-refractivity contribution in [3.8, 4) is 0 Å². The number of H-pyrrole nitrogens is 1. The summed E-state index contributed by atoms with van der Waals surface area (Å²) in [4.78, 5) is 16.2. The first-order valence-electron chi connectivity index (χ1n) is 11.8. The molecule has 156 valence electrons. The van der Waals surface area contributed by atoms with Gasteiger partial charge in [0.1, 0.15) is 37.2 Å².